The van der Waals surface area contributed by atoms with Gasteiger partial charge in [0.1, 0.15) is 0 Å². The summed E-state index contributed by atoms with van der Waals surface area (Å²) in [6.45, 7) is 5.21. The summed E-state index contributed by atoms with van der Waals surface area (Å²) in [4.78, 5) is 11.4. The lowest BCUT2D eigenvalue weighted by Crippen LogP contribution is -2.39. The first-order valence-corrected chi connectivity index (χ1v) is 6.04. The van der Waals surface area contributed by atoms with Gasteiger partial charge in [0.15, 0.2) is 0 Å². The van der Waals surface area contributed by atoms with Gasteiger partial charge in [0, 0.05) is 20.1 Å². The lowest BCUT2D eigenvalue weighted by Gasteiger charge is -2.23. The van der Waals surface area contributed by atoms with E-state index < -0.39 is 0 Å². The summed E-state index contributed by atoms with van der Waals surface area (Å²) in [5.41, 5.74) is 5.11. The molecule has 0 aliphatic heterocycles. The van der Waals surface area contributed by atoms with Gasteiger partial charge in [-0.25, -0.2) is 0 Å². The first-order valence-electron chi connectivity index (χ1n) is 6.04. The Hall–Kier alpha value is -0.320. The maximum Gasteiger partial charge on any atom is 0.220 e. The van der Waals surface area contributed by atoms with Gasteiger partial charge in [0.05, 0.1) is 5.60 Å². The molecule has 0 aromatic rings. The number of ether oxygens (including phenoxy) is 1. The van der Waals surface area contributed by atoms with Crippen LogP contribution < -0.4 is 11.1 Å². The number of carbonyl (C=O) groups is 1. The standard InChI is InChI=1S/C12H26N2O2.ClH/c1-12(2,16-3)10-14-11(15)8-6-4-5-7-9-13;/h4-10,13H2,1-3H3,(H,14,15);1H. The molecule has 0 radical (unpaired) electrons. The van der Waals surface area contributed by atoms with Gasteiger partial charge < -0.3 is 15.8 Å². The van der Waals surface area contributed by atoms with Crippen LogP contribution in [0.15, 0.2) is 0 Å². The number of unbranched alkanes of at least 4 members (excludes halogenated alkanes) is 3. The predicted octanol–water partition coefficient (Wildman–Crippen LogP) is 1.86. The van der Waals surface area contributed by atoms with Crippen molar-refractivity contribution in [3.8, 4) is 0 Å². The van der Waals surface area contributed by atoms with Gasteiger partial charge in [0.2, 0.25) is 5.91 Å². The maximum absolute atomic E-state index is 11.4. The van der Waals surface area contributed by atoms with Crippen LogP contribution in [0.4, 0.5) is 0 Å². The van der Waals surface area contributed by atoms with E-state index in [0.29, 0.717) is 13.0 Å². The summed E-state index contributed by atoms with van der Waals surface area (Å²) in [6.07, 6.45) is 4.80. The molecular weight excluding hydrogens is 240 g/mol. The number of nitrogens with two attached hydrogens (primary N) is 1. The van der Waals surface area contributed by atoms with E-state index in [0.717, 1.165) is 32.2 Å². The Balaban J connectivity index is 0. The molecule has 0 aliphatic carbocycles. The van der Waals surface area contributed by atoms with Crippen molar-refractivity contribution in [3.63, 3.8) is 0 Å². The summed E-state index contributed by atoms with van der Waals surface area (Å²) < 4.78 is 5.22. The molecule has 17 heavy (non-hydrogen) atoms. The third-order valence-electron chi connectivity index (χ3n) is 2.62. The first-order chi connectivity index (χ1) is 7.52. The summed E-state index contributed by atoms with van der Waals surface area (Å²) in [7, 11) is 1.65. The maximum atomic E-state index is 11.4. The number of carbonyl (C=O) groups excluding carboxylic acids is 1. The quantitative estimate of drug-likeness (QED) is 0.626. The van der Waals surface area contributed by atoms with E-state index in [-0.39, 0.29) is 23.9 Å². The van der Waals surface area contributed by atoms with E-state index in [9.17, 15) is 4.79 Å². The molecule has 0 fully saturated rings. The molecule has 0 saturated carbocycles. The van der Waals surface area contributed by atoms with Crippen molar-refractivity contribution in [1.29, 1.82) is 0 Å². The molecule has 0 heterocycles. The van der Waals surface area contributed by atoms with Gasteiger partial charge in [-0.3, -0.25) is 4.79 Å². The zero-order valence-corrected chi connectivity index (χ0v) is 12.1. The highest BCUT2D eigenvalue weighted by Gasteiger charge is 2.16. The van der Waals surface area contributed by atoms with Gasteiger partial charge in [-0.15, -0.1) is 12.4 Å². The minimum absolute atomic E-state index is 0. The minimum atomic E-state index is -0.283. The van der Waals surface area contributed by atoms with Crippen molar-refractivity contribution in [1.82, 2.24) is 5.32 Å². The molecule has 1 amide bonds. The number of hydrogen-bond donors (Lipinski definition) is 2. The van der Waals surface area contributed by atoms with Crippen LogP contribution in [0.5, 0.6) is 0 Å². The van der Waals surface area contributed by atoms with Gasteiger partial charge in [-0.2, -0.15) is 0 Å². The highest BCUT2D eigenvalue weighted by molar-refractivity contribution is 5.85. The fourth-order valence-corrected chi connectivity index (χ4v) is 1.26. The average Bonchev–Trinajstić information content (AvgIpc) is 2.26. The molecule has 3 N–H and O–H groups in total. The monoisotopic (exact) mass is 266 g/mol. The van der Waals surface area contributed by atoms with Crippen LogP contribution in [0.25, 0.3) is 0 Å². The Morgan fingerprint density at radius 2 is 1.82 bits per heavy atom. The lowest BCUT2D eigenvalue weighted by molar-refractivity contribution is -0.122. The van der Waals surface area contributed by atoms with E-state index in [4.69, 9.17) is 10.5 Å². The molecule has 0 aliphatic rings. The molecule has 0 bridgehead atoms. The normalized spacial score (nSPS) is 10.8. The summed E-state index contributed by atoms with van der Waals surface area (Å²) in [5.74, 6) is 0.109. The molecule has 0 saturated heterocycles. The largest absolute Gasteiger partial charge is 0.377 e. The topological polar surface area (TPSA) is 64.3 Å². The molecular formula is C12H27ClN2O2. The molecule has 0 unspecified atom stereocenters. The fraction of sp³-hybridized carbons (Fsp3) is 0.917. The molecule has 0 rings (SSSR count). The number of halogens is 1. The zero-order valence-electron chi connectivity index (χ0n) is 11.3. The van der Waals surface area contributed by atoms with Crippen LogP contribution in [0, 0.1) is 0 Å². The van der Waals surface area contributed by atoms with E-state index >= 15 is 0 Å². The van der Waals surface area contributed by atoms with Gasteiger partial charge in [0.25, 0.3) is 0 Å². The van der Waals surface area contributed by atoms with Gasteiger partial charge >= 0.3 is 0 Å². The average molecular weight is 267 g/mol. The van der Waals surface area contributed by atoms with Crippen molar-refractivity contribution >= 4 is 18.3 Å². The number of rotatable bonds is 9. The van der Waals surface area contributed by atoms with Gasteiger partial charge in [-0.1, -0.05) is 12.8 Å². The van der Waals surface area contributed by atoms with E-state index in [1.54, 1.807) is 7.11 Å². The lowest BCUT2D eigenvalue weighted by atomic mass is 10.1. The van der Waals surface area contributed by atoms with Crippen LogP contribution >= 0.6 is 12.4 Å². The minimum Gasteiger partial charge on any atom is -0.377 e. The highest BCUT2D eigenvalue weighted by atomic mass is 35.5. The predicted molar refractivity (Wildman–Crippen MR) is 73.5 cm³/mol. The van der Waals surface area contributed by atoms with Crippen LogP contribution in [0.3, 0.4) is 0 Å². The molecule has 5 heteroatoms. The van der Waals surface area contributed by atoms with Crippen LogP contribution in [-0.4, -0.2) is 31.7 Å². The number of hydrogen-bond acceptors (Lipinski definition) is 3. The van der Waals surface area contributed by atoms with Gasteiger partial charge in [-0.05, 0) is 33.2 Å². The smallest absolute Gasteiger partial charge is 0.220 e. The van der Waals surface area contributed by atoms with Crippen LogP contribution in [-0.2, 0) is 9.53 Å². The third kappa shape index (κ3) is 11.9. The van der Waals surface area contributed by atoms with Crippen molar-refractivity contribution < 1.29 is 9.53 Å². The Labute approximate surface area is 111 Å². The van der Waals surface area contributed by atoms with Crippen LogP contribution in [0.2, 0.25) is 0 Å². The number of amides is 1. The second kappa shape index (κ2) is 10.8. The van der Waals surface area contributed by atoms with Crippen LogP contribution in [0.1, 0.15) is 46.0 Å². The number of methoxy groups -OCH3 is 1. The summed E-state index contributed by atoms with van der Waals surface area (Å²) in [5, 5.41) is 2.88. The summed E-state index contributed by atoms with van der Waals surface area (Å²) in [6, 6.07) is 0. The molecule has 4 nitrogen and oxygen atoms in total. The third-order valence-corrected chi connectivity index (χ3v) is 2.62. The zero-order chi connectivity index (χ0) is 12.4. The summed E-state index contributed by atoms with van der Waals surface area (Å²) >= 11 is 0. The Kier molecular flexibility index (Phi) is 12.1. The first kappa shape index (κ1) is 19.0. The van der Waals surface area contributed by atoms with Crippen molar-refractivity contribution in [2.75, 3.05) is 20.2 Å². The SMILES string of the molecule is COC(C)(C)CNC(=O)CCCCCCN.Cl. The molecule has 0 atom stereocenters. The Morgan fingerprint density at radius 1 is 1.24 bits per heavy atom. The molecule has 0 aromatic heterocycles. The van der Waals surface area contributed by atoms with Crippen molar-refractivity contribution in [2.45, 2.75) is 51.6 Å². The Morgan fingerprint density at radius 3 is 2.35 bits per heavy atom. The molecule has 104 valence electrons. The fourth-order valence-electron chi connectivity index (χ4n) is 1.26. The number of nitrogens with one attached hydrogen (secondary N) is 1. The molecule has 0 aromatic carbocycles. The highest BCUT2D eigenvalue weighted by Crippen LogP contribution is 2.06. The van der Waals surface area contributed by atoms with E-state index in [2.05, 4.69) is 5.32 Å². The van der Waals surface area contributed by atoms with E-state index in [1.807, 2.05) is 13.8 Å². The second-order valence-corrected chi connectivity index (χ2v) is 4.69. The second-order valence-electron chi connectivity index (χ2n) is 4.69. The van der Waals surface area contributed by atoms with E-state index in [1.165, 1.54) is 0 Å². The van der Waals surface area contributed by atoms with Crippen molar-refractivity contribution in [2.24, 2.45) is 5.73 Å². The van der Waals surface area contributed by atoms with Crippen molar-refractivity contribution in [3.05, 3.63) is 0 Å². The molecule has 0 spiro atoms. The Bertz CT molecular complexity index is 199.